The van der Waals surface area contributed by atoms with Gasteiger partial charge in [0.25, 0.3) is 0 Å². The lowest BCUT2D eigenvalue weighted by atomic mass is 9.93. The van der Waals surface area contributed by atoms with E-state index in [2.05, 4.69) is 0 Å². The summed E-state index contributed by atoms with van der Waals surface area (Å²) in [4.78, 5) is 33.8. The van der Waals surface area contributed by atoms with Crippen LogP contribution >= 0.6 is 0 Å². The molecule has 2 aromatic rings. The lowest BCUT2D eigenvalue weighted by Crippen LogP contribution is -2.31. The van der Waals surface area contributed by atoms with E-state index in [9.17, 15) is 24.7 Å². The van der Waals surface area contributed by atoms with Gasteiger partial charge in [0.15, 0.2) is 0 Å². The molecule has 0 fully saturated rings. The molecule has 2 rings (SSSR count). The number of hydrogen-bond donors (Lipinski definition) is 4. The summed E-state index contributed by atoms with van der Waals surface area (Å²) in [5.41, 5.74) is 11.5. The van der Waals surface area contributed by atoms with Crippen molar-refractivity contribution in [3.05, 3.63) is 59.2 Å². The Kier molecular flexibility index (Phi) is 4.81. The molecule has 0 saturated heterocycles. The van der Waals surface area contributed by atoms with Crippen molar-refractivity contribution in [2.45, 2.75) is 6.54 Å². The van der Waals surface area contributed by atoms with Crippen LogP contribution in [-0.2, 0) is 6.54 Å². The van der Waals surface area contributed by atoms with Crippen LogP contribution in [0.4, 0.5) is 4.79 Å². The van der Waals surface area contributed by atoms with Crippen molar-refractivity contribution in [2.24, 2.45) is 11.5 Å². The number of urea groups is 1. The third-order valence-corrected chi connectivity index (χ3v) is 3.39. The Morgan fingerprint density at radius 1 is 0.958 bits per heavy atom. The highest BCUT2D eigenvalue weighted by Crippen LogP contribution is 2.28. The molecule has 0 aliphatic carbocycles. The van der Waals surface area contributed by atoms with Crippen LogP contribution in [0.25, 0.3) is 11.1 Å². The third kappa shape index (κ3) is 3.50. The molecule has 3 amide bonds. The lowest BCUT2D eigenvalue weighted by molar-refractivity contribution is -0.0470. The van der Waals surface area contributed by atoms with Crippen LogP contribution in [0.2, 0.25) is 0 Å². The van der Waals surface area contributed by atoms with Crippen molar-refractivity contribution in [3.8, 4) is 11.1 Å². The first-order valence-electron chi connectivity index (χ1n) is 6.82. The van der Waals surface area contributed by atoms with Crippen molar-refractivity contribution in [1.82, 2.24) is 5.06 Å². The summed E-state index contributed by atoms with van der Waals surface area (Å²) >= 11 is 0. The number of hydroxylamine groups is 2. The molecule has 2 aromatic carbocycles. The first-order valence-corrected chi connectivity index (χ1v) is 6.82. The Labute approximate surface area is 136 Å². The van der Waals surface area contributed by atoms with Gasteiger partial charge in [-0.05, 0) is 23.3 Å². The van der Waals surface area contributed by atoms with Crippen molar-refractivity contribution in [1.29, 1.82) is 0 Å². The number of nitrogens with two attached hydrogens (primary N) is 2. The van der Waals surface area contributed by atoms with E-state index < -0.39 is 17.9 Å². The molecule has 0 aliphatic heterocycles. The highest BCUT2D eigenvalue weighted by Gasteiger charge is 2.18. The topological polar surface area (TPSA) is 147 Å². The summed E-state index contributed by atoms with van der Waals surface area (Å²) in [6.07, 6.45) is 0. The van der Waals surface area contributed by atoms with Gasteiger partial charge in [0, 0.05) is 11.1 Å². The number of carboxylic acid groups (broad SMARTS) is 1. The highest BCUT2D eigenvalue weighted by atomic mass is 16.5. The number of aromatic carboxylic acids is 1. The molecule has 24 heavy (non-hydrogen) atoms. The second kappa shape index (κ2) is 6.80. The Morgan fingerprint density at radius 3 is 2.04 bits per heavy atom. The third-order valence-electron chi connectivity index (χ3n) is 3.39. The van der Waals surface area contributed by atoms with Crippen LogP contribution in [0.1, 0.15) is 26.3 Å². The van der Waals surface area contributed by atoms with E-state index >= 15 is 0 Å². The van der Waals surface area contributed by atoms with Crippen LogP contribution in [0.3, 0.4) is 0 Å². The summed E-state index contributed by atoms with van der Waals surface area (Å²) in [6.45, 7) is -0.126. The van der Waals surface area contributed by atoms with Gasteiger partial charge < -0.3 is 16.6 Å². The summed E-state index contributed by atoms with van der Waals surface area (Å²) < 4.78 is 0. The molecule has 0 bridgehead atoms. The Bertz CT molecular complexity index is 770. The molecule has 0 aliphatic rings. The maximum absolute atomic E-state index is 11.6. The zero-order valence-electron chi connectivity index (χ0n) is 12.5. The van der Waals surface area contributed by atoms with Gasteiger partial charge in [-0.2, -0.15) is 0 Å². The van der Waals surface area contributed by atoms with Gasteiger partial charge in [0.2, 0.25) is 5.91 Å². The monoisotopic (exact) mass is 329 g/mol. The van der Waals surface area contributed by atoms with Gasteiger partial charge in [-0.25, -0.2) is 14.7 Å². The number of primary amides is 2. The van der Waals surface area contributed by atoms with Crippen LogP contribution in [0.15, 0.2) is 42.5 Å². The van der Waals surface area contributed by atoms with Crippen molar-refractivity contribution >= 4 is 17.9 Å². The van der Waals surface area contributed by atoms with Gasteiger partial charge in [0.05, 0.1) is 12.1 Å². The van der Waals surface area contributed by atoms with E-state index in [0.717, 1.165) is 0 Å². The zero-order chi connectivity index (χ0) is 17.9. The number of benzene rings is 2. The number of amides is 3. The summed E-state index contributed by atoms with van der Waals surface area (Å²) in [5.74, 6) is -1.93. The summed E-state index contributed by atoms with van der Waals surface area (Å²) in [5, 5.41) is 19.0. The molecule has 0 spiro atoms. The number of rotatable bonds is 5. The Hall–Kier alpha value is -3.39. The highest BCUT2D eigenvalue weighted by molar-refractivity contribution is 6.06. The molecule has 8 heteroatoms. The molecule has 6 N–H and O–H groups in total. The fourth-order valence-corrected chi connectivity index (χ4v) is 2.27. The van der Waals surface area contributed by atoms with E-state index in [1.807, 2.05) is 0 Å². The zero-order valence-corrected chi connectivity index (χ0v) is 12.5. The number of carbonyl (C=O) groups excluding carboxylic acids is 2. The molecule has 0 radical (unpaired) electrons. The van der Waals surface area contributed by atoms with Crippen molar-refractivity contribution in [2.75, 3.05) is 0 Å². The first kappa shape index (κ1) is 17.0. The van der Waals surface area contributed by atoms with E-state index in [1.54, 1.807) is 24.3 Å². The molecule has 0 aromatic heterocycles. The van der Waals surface area contributed by atoms with E-state index in [0.29, 0.717) is 16.2 Å². The lowest BCUT2D eigenvalue weighted by Gasteiger charge is -2.14. The van der Waals surface area contributed by atoms with Gasteiger partial charge in [-0.1, -0.05) is 30.3 Å². The van der Waals surface area contributed by atoms with Crippen LogP contribution in [0, 0.1) is 0 Å². The van der Waals surface area contributed by atoms with Crippen LogP contribution in [-0.4, -0.2) is 33.3 Å². The minimum Gasteiger partial charge on any atom is -0.478 e. The van der Waals surface area contributed by atoms with Gasteiger partial charge >= 0.3 is 12.0 Å². The van der Waals surface area contributed by atoms with E-state index in [-0.39, 0.29) is 23.2 Å². The minimum atomic E-state index is -1.19. The smallest absolute Gasteiger partial charge is 0.338 e. The number of hydrogen-bond acceptors (Lipinski definition) is 4. The van der Waals surface area contributed by atoms with Gasteiger partial charge in [-0.3, -0.25) is 10.0 Å². The van der Waals surface area contributed by atoms with Crippen molar-refractivity contribution < 1.29 is 24.7 Å². The molecular weight excluding hydrogens is 314 g/mol. The molecule has 0 heterocycles. The number of nitrogens with zero attached hydrogens (tertiary/aromatic N) is 1. The molecule has 0 atom stereocenters. The molecule has 0 unspecified atom stereocenters. The number of carboxylic acids is 1. The second-order valence-corrected chi connectivity index (χ2v) is 4.99. The summed E-state index contributed by atoms with van der Waals surface area (Å²) in [6, 6.07) is 9.55. The molecule has 0 saturated carbocycles. The minimum absolute atomic E-state index is 0.0556. The van der Waals surface area contributed by atoms with E-state index in [1.165, 1.54) is 18.2 Å². The number of carbonyl (C=O) groups is 3. The average Bonchev–Trinajstić information content (AvgIpc) is 2.54. The van der Waals surface area contributed by atoms with Crippen molar-refractivity contribution in [3.63, 3.8) is 0 Å². The average molecular weight is 329 g/mol. The standard InChI is InChI=1S/C16H15N3O5/c17-14(20)11-2-1-3-12(15(21)22)13(11)10-6-4-9(5-7-10)8-19(24)16(18)23/h1-7,24H,8H2,(H2,17,20)(H2,18,23)(H,21,22). The molecule has 124 valence electrons. The van der Waals surface area contributed by atoms with Gasteiger partial charge in [-0.15, -0.1) is 0 Å². The quantitative estimate of drug-likeness (QED) is 0.484. The first-order chi connectivity index (χ1) is 11.3. The fourth-order valence-electron chi connectivity index (χ4n) is 2.27. The van der Waals surface area contributed by atoms with Crippen LogP contribution < -0.4 is 11.5 Å². The maximum atomic E-state index is 11.6. The van der Waals surface area contributed by atoms with E-state index in [4.69, 9.17) is 11.5 Å². The SMILES string of the molecule is NC(=O)c1cccc(C(=O)O)c1-c1ccc(CN(O)C(N)=O)cc1. The maximum Gasteiger partial charge on any atom is 0.338 e. The Morgan fingerprint density at radius 2 is 1.54 bits per heavy atom. The normalized spacial score (nSPS) is 10.2. The predicted octanol–water partition coefficient (Wildman–Crippen LogP) is 1.42. The van der Waals surface area contributed by atoms with Gasteiger partial charge in [0.1, 0.15) is 0 Å². The second-order valence-electron chi connectivity index (χ2n) is 4.99. The Balaban J connectivity index is 2.47. The predicted molar refractivity (Wildman–Crippen MR) is 84.3 cm³/mol. The summed E-state index contributed by atoms with van der Waals surface area (Å²) in [7, 11) is 0. The van der Waals surface area contributed by atoms with Crippen LogP contribution in [0.5, 0.6) is 0 Å². The molecule has 8 nitrogen and oxygen atoms in total. The fraction of sp³-hybridized carbons (Fsp3) is 0.0625. The largest absolute Gasteiger partial charge is 0.478 e. The molecular formula is C16H15N3O5.